The lowest BCUT2D eigenvalue weighted by molar-refractivity contribution is -0.134. The molecule has 1 fully saturated rings. The first-order valence-electron chi connectivity index (χ1n) is 8.31. The van der Waals surface area contributed by atoms with Crippen molar-refractivity contribution in [2.45, 2.75) is 18.9 Å². The fraction of sp³-hybridized carbons (Fsp3) is 0.211. The lowest BCUT2D eigenvalue weighted by Gasteiger charge is -2.25. The van der Waals surface area contributed by atoms with E-state index in [0.29, 0.717) is 5.56 Å². The molecule has 140 valence electrons. The molecule has 6 nitrogen and oxygen atoms in total. The molecule has 1 saturated heterocycles. The van der Waals surface area contributed by atoms with E-state index in [1.54, 1.807) is 6.92 Å². The minimum Gasteiger partial charge on any atom is -0.324 e. The number of carbonyl (C=O) groups excluding carboxylic acids is 3. The van der Waals surface area contributed by atoms with Gasteiger partial charge in [-0.1, -0.05) is 25.1 Å². The van der Waals surface area contributed by atoms with E-state index in [2.05, 4.69) is 10.6 Å². The zero-order valence-corrected chi connectivity index (χ0v) is 14.5. The summed E-state index contributed by atoms with van der Waals surface area (Å²) in [6, 6.07) is 9.79. The van der Waals surface area contributed by atoms with Crippen molar-refractivity contribution < 1.29 is 23.2 Å². The standard InChI is InChI=1S/C19H17F2N3O3/c1-2-19(12-6-8-13(20)9-7-12)17(26)24(18(27)23-19)11-16(25)22-15-5-3-4-14(21)10-15/h3-10H,2,11H2,1H3,(H,22,25)(H,23,27). The van der Waals surface area contributed by atoms with Crippen molar-refractivity contribution in [1.29, 1.82) is 0 Å². The monoisotopic (exact) mass is 373 g/mol. The van der Waals surface area contributed by atoms with Crippen molar-refractivity contribution in [3.63, 3.8) is 0 Å². The minimum absolute atomic E-state index is 0.215. The van der Waals surface area contributed by atoms with Crippen LogP contribution in [0.4, 0.5) is 19.3 Å². The highest BCUT2D eigenvalue weighted by atomic mass is 19.1. The Morgan fingerprint density at radius 1 is 1.11 bits per heavy atom. The Hall–Kier alpha value is -3.29. The fourth-order valence-electron chi connectivity index (χ4n) is 3.05. The van der Waals surface area contributed by atoms with Gasteiger partial charge in [0.05, 0.1) is 0 Å². The van der Waals surface area contributed by atoms with Gasteiger partial charge in [-0.2, -0.15) is 0 Å². The zero-order chi connectivity index (χ0) is 19.6. The number of carbonyl (C=O) groups is 3. The van der Waals surface area contributed by atoms with Crippen LogP contribution in [0.5, 0.6) is 0 Å². The zero-order valence-electron chi connectivity index (χ0n) is 14.5. The van der Waals surface area contributed by atoms with E-state index in [4.69, 9.17) is 0 Å². The van der Waals surface area contributed by atoms with Gasteiger partial charge in [0.15, 0.2) is 0 Å². The number of rotatable bonds is 5. The second kappa shape index (κ2) is 7.14. The number of nitrogens with zero attached hydrogens (tertiary/aromatic N) is 1. The van der Waals surface area contributed by atoms with E-state index in [9.17, 15) is 23.2 Å². The van der Waals surface area contributed by atoms with Crippen LogP contribution >= 0.6 is 0 Å². The summed E-state index contributed by atoms with van der Waals surface area (Å²) in [7, 11) is 0. The third-order valence-corrected chi connectivity index (χ3v) is 4.45. The van der Waals surface area contributed by atoms with E-state index in [0.717, 1.165) is 11.0 Å². The van der Waals surface area contributed by atoms with Crippen LogP contribution in [0.3, 0.4) is 0 Å². The molecule has 0 saturated carbocycles. The molecule has 0 aromatic heterocycles. The van der Waals surface area contributed by atoms with Gasteiger partial charge in [-0.3, -0.25) is 14.5 Å². The fourth-order valence-corrected chi connectivity index (χ4v) is 3.05. The smallest absolute Gasteiger partial charge is 0.324 e. The van der Waals surface area contributed by atoms with Gasteiger partial charge in [0.1, 0.15) is 23.7 Å². The number of hydrogen-bond donors (Lipinski definition) is 2. The average molecular weight is 373 g/mol. The molecule has 1 aliphatic heterocycles. The Kier molecular flexibility index (Phi) is 4.89. The third-order valence-electron chi connectivity index (χ3n) is 4.45. The molecule has 1 atom stereocenters. The van der Waals surface area contributed by atoms with Crippen LogP contribution in [0.1, 0.15) is 18.9 Å². The van der Waals surface area contributed by atoms with Crippen LogP contribution in [-0.4, -0.2) is 29.3 Å². The van der Waals surface area contributed by atoms with Gasteiger partial charge in [-0.15, -0.1) is 0 Å². The van der Waals surface area contributed by atoms with Crippen LogP contribution in [-0.2, 0) is 15.1 Å². The molecule has 1 heterocycles. The molecule has 0 bridgehead atoms. The highest BCUT2D eigenvalue weighted by molar-refractivity contribution is 6.10. The molecule has 0 radical (unpaired) electrons. The number of amides is 4. The maximum absolute atomic E-state index is 13.2. The summed E-state index contributed by atoms with van der Waals surface area (Å²) in [4.78, 5) is 38.2. The predicted molar refractivity (Wildman–Crippen MR) is 93.6 cm³/mol. The molecule has 27 heavy (non-hydrogen) atoms. The normalized spacial score (nSPS) is 19.1. The van der Waals surface area contributed by atoms with Crippen LogP contribution in [0, 0.1) is 11.6 Å². The molecule has 1 aliphatic rings. The number of benzene rings is 2. The second-order valence-electron chi connectivity index (χ2n) is 6.15. The molecular weight excluding hydrogens is 356 g/mol. The lowest BCUT2D eigenvalue weighted by Crippen LogP contribution is -2.44. The Morgan fingerprint density at radius 3 is 2.44 bits per heavy atom. The minimum atomic E-state index is -1.36. The van der Waals surface area contributed by atoms with E-state index in [1.807, 2.05) is 0 Å². The average Bonchev–Trinajstić information content (AvgIpc) is 2.87. The summed E-state index contributed by atoms with van der Waals surface area (Å²) in [5, 5.41) is 5.05. The predicted octanol–water partition coefficient (Wildman–Crippen LogP) is 2.76. The van der Waals surface area contributed by atoms with E-state index >= 15 is 0 Å². The molecule has 2 aromatic rings. The number of nitrogens with one attached hydrogen (secondary N) is 2. The van der Waals surface area contributed by atoms with Crippen molar-refractivity contribution in [2.75, 3.05) is 11.9 Å². The molecule has 0 spiro atoms. The van der Waals surface area contributed by atoms with Crippen LogP contribution < -0.4 is 10.6 Å². The van der Waals surface area contributed by atoms with Gasteiger partial charge in [-0.05, 0) is 42.3 Å². The number of urea groups is 1. The molecule has 8 heteroatoms. The summed E-state index contributed by atoms with van der Waals surface area (Å²) in [6.07, 6.45) is 0.227. The number of imide groups is 1. The molecule has 2 aromatic carbocycles. The Balaban J connectivity index is 1.78. The number of halogens is 2. The third kappa shape index (κ3) is 3.51. The highest BCUT2D eigenvalue weighted by Gasteiger charge is 2.51. The molecule has 1 unspecified atom stereocenters. The largest absolute Gasteiger partial charge is 0.325 e. The Morgan fingerprint density at radius 2 is 1.81 bits per heavy atom. The molecule has 0 aliphatic carbocycles. The quantitative estimate of drug-likeness (QED) is 0.791. The molecular formula is C19H17F2N3O3. The topological polar surface area (TPSA) is 78.5 Å². The maximum Gasteiger partial charge on any atom is 0.325 e. The van der Waals surface area contributed by atoms with Gasteiger partial charge in [0.25, 0.3) is 5.91 Å². The summed E-state index contributed by atoms with van der Waals surface area (Å²) in [5.41, 5.74) is -0.714. The van der Waals surface area contributed by atoms with Crippen molar-refractivity contribution in [3.05, 3.63) is 65.7 Å². The number of hydrogen-bond acceptors (Lipinski definition) is 3. The van der Waals surface area contributed by atoms with E-state index in [-0.39, 0.29) is 12.1 Å². The van der Waals surface area contributed by atoms with Gasteiger partial charge >= 0.3 is 6.03 Å². The molecule has 3 rings (SSSR count). The van der Waals surface area contributed by atoms with Gasteiger partial charge in [0, 0.05) is 5.69 Å². The van der Waals surface area contributed by atoms with Crippen molar-refractivity contribution in [2.24, 2.45) is 0 Å². The first-order valence-corrected chi connectivity index (χ1v) is 8.31. The van der Waals surface area contributed by atoms with Gasteiger partial charge in [-0.25, -0.2) is 13.6 Å². The maximum atomic E-state index is 13.2. The van der Waals surface area contributed by atoms with Crippen LogP contribution in [0.25, 0.3) is 0 Å². The molecule has 2 N–H and O–H groups in total. The van der Waals surface area contributed by atoms with Crippen LogP contribution in [0.15, 0.2) is 48.5 Å². The van der Waals surface area contributed by atoms with E-state index in [1.165, 1.54) is 42.5 Å². The SMILES string of the molecule is CCC1(c2ccc(F)cc2)NC(=O)N(CC(=O)Nc2cccc(F)c2)C1=O. The summed E-state index contributed by atoms with van der Waals surface area (Å²) >= 11 is 0. The Bertz CT molecular complexity index is 901. The second-order valence-corrected chi connectivity index (χ2v) is 6.15. The van der Waals surface area contributed by atoms with E-state index < -0.39 is 41.6 Å². The number of anilines is 1. The van der Waals surface area contributed by atoms with Crippen LogP contribution in [0.2, 0.25) is 0 Å². The first kappa shape index (κ1) is 18.5. The van der Waals surface area contributed by atoms with Crippen molar-refractivity contribution in [1.82, 2.24) is 10.2 Å². The van der Waals surface area contributed by atoms with Gasteiger partial charge in [0.2, 0.25) is 5.91 Å². The van der Waals surface area contributed by atoms with Gasteiger partial charge < -0.3 is 10.6 Å². The molecule has 4 amide bonds. The summed E-state index contributed by atoms with van der Waals surface area (Å²) in [6.45, 7) is 1.18. The highest BCUT2D eigenvalue weighted by Crippen LogP contribution is 2.32. The van der Waals surface area contributed by atoms with Crippen molar-refractivity contribution >= 4 is 23.5 Å². The summed E-state index contributed by atoms with van der Waals surface area (Å²) in [5.74, 6) is -2.23. The lowest BCUT2D eigenvalue weighted by atomic mass is 9.87. The summed E-state index contributed by atoms with van der Waals surface area (Å²) < 4.78 is 26.4. The Labute approximate surface area is 154 Å². The van der Waals surface area contributed by atoms with Crippen molar-refractivity contribution in [3.8, 4) is 0 Å². The first-order chi connectivity index (χ1) is 12.9.